The van der Waals surface area contributed by atoms with Crippen molar-refractivity contribution in [3.8, 4) is 0 Å². The molecular formula is C12H17N3O2. The average Bonchev–Trinajstić information content (AvgIpc) is 2.19. The van der Waals surface area contributed by atoms with Gasteiger partial charge < -0.3 is 16.8 Å². The Bertz CT molecular complexity index is 461. The molecule has 2 amide bonds. The van der Waals surface area contributed by atoms with Gasteiger partial charge in [-0.15, -0.1) is 0 Å². The first-order chi connectivity index (χ1) is 7.73. The first-order valence-electron chi connectivity index (χ1n) is 5.23. The highest BCUT2D eigenvalue weighted by Crippen LogP contribution is 2.19. The van der Waals surface area contributed by atoms with Crippen LogP contribution < -0.4 is 16.8 Å². The Morgan fingerprint density at radius 1 is 1.29 bits per heavy atom. The predicted octanol–water partition coefficient (Wildman–Crippen LogP) is 0.770. The van der Waals surface area contributed by atoms with Crippen molar-refractivity contribution in [2.75, 3.05) is 5.32 Å². The molecule has 0 spiro atoms. The van der Waals surface area contributed by atoms with Gasteiger partial charge in [-0.1, -0.05) is 6.07 Å². The Balaban J connectivity index is 3.05. The van der Waals surface area contributed by atoms with E-state index in [1.54, 1.807) is 39.0 Å². The van der Waals surface area contributed by atoms with Crippen LogP contribution >= 0.6 is 0 Å². The third-order valence-electron chi connectivity index (χ3n) is 2.43. The van der Waals surface area contributed by atoms with Crippen molar-refractivity contribution in [1.82, 2.24) is 0 Å². The molecule has 0 atom stereocenters. The van der Waals surface area contributed by atoms with E-state index >= 15 is 0 Å². The highest BCUT2D eigenvalue weighted by atomic mass is 16.2. The number of rotatable bonds is 3. The molecule has 0 aliphatic carbocycles. The first kappa shape index (κ1) is 13.2. The molecule has 5 nitrogen and oxygen atoms in total. The van der Waals surface area contributed by atoms with Crippen molar-refractivity contribution < 1.29 is 9.59 Å². The summed E-state index contributed by atoms with van der Waals surface area (Å²) in [5.74, 6) is -0.840. The van der Waals surface area contributed by atoms with Gasteiger partial charge in [0, 0.05) is 11.3 Å². The van der Waals surface area contributed by atoms with E-state index in [0.717, 1.165) is 0 Å². The number of nitrogens with two attached hydrogens (primary N) is 2. The summed E-state index contributed by atoms with van der Waals surface area (Å²) in [6.45, 7) is 4.93. The molecule has 0 bridgehead atoms. The monoisotopic (exact) mass is 235 g/mol. The second kappa shape index (κ2) is 4.55. The summed E-state index contributed by atoms with van der Waals surface area (Å²) in [5, 5.41) is 2.67. The molecule has 5 heteroatoms. The van der Waals surface area contributed by atoms with E-state index in [4.69, 9.17) is 11.5 Å². The molecule has 1 rings (SSSR count). The van der Waals surface area contributed by atoms with Gasteiger partial charge >= 0.3 is 0 Å². The van der Waals surface area contributed by atoms with Crippen molar-refractivity contribution in [1.29, 1.82) is 0 Å². The quantitative estimate of drug-likeness (QED) is 0.721. The molecule has 0 unspecified atom stereocenters. The zero-order chi connectivity index (χ0) is 13.2. The average molecular weight is 235 g/mol. The molecule has 0 aliphatic heterocycles. The van der Waals surface area contributed by atoms with Crippen molar-refractivity contribution in [3.05, 3.63) is 29.3 Å². The standard InChI is InChI=1S/C12H17N3O2/c1-7-8(10(13)16)5-4-6-9(7)15-11(17)12(2,3)14/h4-6H,14H2,1-3H3,(H2,13,16)(H,15,17). The molecule has 5 N–H and O–H groups in total. The van der Waals surface area contributed by atoms with E-state index in [0.29, 0.717) is 16.8 Å². The minimum atomic E-state index is -0.977. The van der Waals surface area contributed by atoms with Gasteiger partial charge in [-0.25, -0.2) is 0 Å². The summed E-state index contributed by atoms with van der Waals surface area (Å²) in [7, 11) is 0. The van der Waals surface area contributed by atoms with Crippen molar-refractivity contribution in [2.24, 2.45) is 11.5 Å². The molecule has 0 aromatic heterocycles. The highest BCUT2D eigenvalue weighted by Gasteiger charge is 2.22. The van der Waals surface area contributed by atoms with E-state index in [1.165, 1.54) is 0 Å². The van der Waals surface area contributed by atoms with Gasteiger partial charge in [0.25, 0.3) is 0 Å². The Morgan fingerprint density at radius 2 is 1.88 bits per heavy atom. The summed E-state index contributed by atoms with van der Waals surface area (Å²) in [6.07, 6.45) is 0. The molecule has 0 heterocycles. The Kier molecular flexibility index (Phi) is 3.53. The number of carbonyl (C=O) groups excluding carboxylic acids is 2. The number of primary amides is 1. The zero-order valence-electron chi connectivity index (χ0n) is 10.2. The third kappa shape index (κ3) is 3.04. The lowest BCUT2D eigenvalue weighted by molar-refractivity contribution is -0.120. The number of hydrogen-bond acceptors (Lipinski definition) is 3. The van der Waals surface area contributed by atoms with Crippen molar-refractivity contribution >= 4 is 17.5 Å². The lowest BCUT2D eigenvalue weighted by Gasteiger charge is -2.19. The molecule has 0 aliphatic rings. The number of nitrogens with one attached hydrogen (secondary N) is 1. The predicted molar refractivity (Wildman–Crippen MR) is 66.6 cm³/mol. The minimum Gasteiger partial charge on any atom is -0.366 e. The molecule has 1 aromatic rings. The van der Waals surface area contributed by atoms with Crippen LogP contribution in [0.4, 0.5) is 5.69 Å². The second-order valence-corrected chi connectivity index (χ2v) is 4.52. The summed E-state index contributed by atoms with van der Waals surface area (Å²) in [6, 6.07) is 4.97. The molecule has 92 valence electrons. The van der Waals surface area contributed by atoms with Crippen LogP contribution in [0, 0.1) is 6.92 Å². The lowest BCUT2D eigenvalue weighted by atomic mass is 10.0. The summed E-state index contributed by atoms with van der Waals surface area (Å²) in [5.41, 5.74) is 11.5. The maximum absolute atomic E-state index is 11.7. The van der Waals surface area contributed by atoms with Gasteiger partial charge in [0.1, 0.15) is 0 Å². The van der Waals surface area contributed by atoms with E-state index in [1.807, 2.05) is 0 Å². The molecule has 0 saturated carbocycles. The van der Waals surface area contributed by atoms with Gasteiger partial charge in [-0.3, -0.25) is 9.59 Å². The maximum Gasteiger partial charge on any atom is 0.249 e. The van der Waals surface area contributed by atoms with Gasteiger partial charge in [0.15, 0.2) is 0 Å². The first-order valence-corrected chi connectivity index (χ1v) is 5.23. The zero-order valence-corrected chi connectivity index (χ0v) is 10.2. The van der Waals surface area contributed by atoms with Crippen LogP contribution in [0.5, 0.6) is 0 Å². The topological polar surface area (TPSA) is 98.2 Å². The molecule has 0 radical (unpaired) electrons. The van der Waals surface area contributed by atoms with E-state index < -0.39 is 11.4 Å². The van der Waals surface area contributed by atoms with Crippen molar-refractivity contribution in [2.45, 2.75) is 26.3 Å². The lowest BCUT2D eigenvalue weighted by Crippen LogP contribution is -2.45. The number of carbonyl (C=O) groups is 2. The fourth-order valence-electron chi connectivity index (χ4n) is 1.32. The molecule has 0 fully saturated rings. The van der Waals surface area contributed by atoms with Gasteiger partial charge in [-0.2, -0.15) is 0 Å². The second-order valence-electron chi connectivity index (χ2n) is 4.52. The number of anilines is 1. The van der Waals surface area contributed by atoms with Gasteiger partial charge in [0.2, 0.25) is 11.8 Å². The van der Waals surface area contributed by atoms with Gasteiger partial charge in [0.05, 0.1) is 5.54 Å². The van der Waals surface area contributed by atoms with Crippen molar-refractivity contribution in [3.63, 3.8) is 0 Å². The smallest absolute Gasteiger partial charge is 0.249 e. The number of amides is 2. The third-order valence-corrected chi connectivity index (χ3v) is 2.43. The molecule has 1 aromatic carbocycles. The van der Waals surface area contributed by atoms with Crippen LogP contribution in [0.1, 0.15) is 29.8 Å². The normalized spacial score (nSPS) is 11.1. The van der Waals surface area contributed by atoms with E-state index in [-0.39, 0.29) is 5.91 Å². The van der Waals surface area contributed by atoms with E-state index in [9.17, 15) is 9.59 Å². The highest BCUT2D eigenvalue weighted by molar-refractivity contribution is 6.01. The fourth-order valence-corrected chi connectivity index (χ4v) is 1.32. The van der Waals surface area contributed by atoms with Crippen LogP contribution in [0.2, 0.25) is 0 Å². The Morgan fingerprint density at radius 3 is 2.35 bits per heavy atom. The number of hydrogen-bond donors (Lipinski definition) is 3. The summed E-state index contributed by atoms with van der Waals surface area (Å²) < 4.78 is 0. The maximum atomic E-state index is 11.7. The molecule has 0 saturated heterocycles. The molecule has 17 heavy (non-hydrogen) atoms. The summed E-state index contributed by atoms with van der Waals surface area (Å²) >= 11 is 0. The van der Waals surface area contributed by atoms with Crippen LogP contribution in [0.15, 0.2) is 18.2 Å². The SMILES string of the molecule is Cc1c(NC(=O)C(C)(C)N)cccc1C(N)=O. The summed E-state index contributed by atoms with van der Waals surface area (Å²) in [4.78, 5) is 22.9. The van der Waals surface area contributed by atoms with Crippen LogP contribution in [0.3, 0.4) is 0 Å². The van der Waals surface area contributed by atoms with E-state index in [2.05, 4.69) is 5.32 Å². The Hall–Kier alpha value is -1.88. The van der Waals surface area contributed by atoms with Crippen LogP contribution in [-0.4, -0.2) is 17.4 Å². The van der Waals surface area contributed by atoms with Crippen LogP contribution in [-0.2, 0) is 4.79 Å². The minimum absolute atomic E-state index is 0.317. The Labute approximate surface area is 100 Å². The van der Waals surface area contributed by atoms with Crippen LogP contribution in [0.25, 0.3) is 0 Å². The fraction of sp³-hybridized carbons (Fsp3) is 0.333. The molecular weight excluding hydrogens is 218 g/mol. The van der Waals surface area contributed by atoms with Gasteiger partial charge in [-0.05, 0) is 38.5 Å². The largest absolute Gasteiger partial charge is 0.366 e. The number of benzene rings is 1.